The van der Waals surface area contributed by atoms with Gasteiger partial charge in [0.05, 0.1) is 0 Å². The molecule has 0 aliphatic carbocycles. The zero-order chi connectivity index (χ0) is 17.5. The average Bonchev–Trinajstić information content (AvgIpc) is 2.71. The van der Waals surface area contributed by atoms with E-state index in [-0.39, 0.29) is 24.8 Å². The molecule has 5 heteroatoms. The van der Waals surface area contributed by atoms with Crippen LogP contribution in [-0.2, 0) is 0 Å². The Kier molecular flexibility index (Phi) is 16.8. The van der Waals surface area contributed by atoms with Crippen LogP contribution in [0.25, 0.3) is 0 Å². The molecule has 26 heavy (non-hydrogen) atoms. The van der Waals surface area contributed by atoms with Crippen molar-refractivity contribution in [2.45, 2.75) is 0 Å². The lowest BCUT2D eigenvalue weighted by molar-refractivity contribution is 0.111. The summed E-state index contributed by atoms with van der Waals surface area (Å²) >= 11 is 0. The maximum Gasteiger partial charge on any atom is 0.150 e. The molecule has 0 atom stereocenters. The molecule has 3 aromatic rings. The maximum absolute atomic E-state index is 10.0. The Bertz CT molecular complexity index is 615. The van der Waals surface area contributed by atoms with Crippen LogP contribution in [0.15, 0.2) is 91.0 Å². The Morgan fingerprint density at radius 2 is 0.577 bits per heavy atom. The Morgan fingerprint density at radius 1 is 0.385 bits per heavy atom. The fourth-order valence-electron chi connectivity index (χ4n) is 1.59. The number of carbonyl (C=O) groups is 3. The van der Waals surface area contributed by atoms with Gasteiger partial charge in [0, 0.05) is 16.7 Å². The van der Waals surface area contributed by atoms with Gasteiger partial charge in [-0.3, -0.25) is 14.4 Å². The first kappa shape index (κ1) is 25.5. The molecule has 0 saturated carbocycles. The Labute approximate surface area is 165 Å². The summed E-state index contributed by atoms with van der Waals surface area (Å²) < 4.78 is 0. The zero-order valence-corrected chi connectivity index (χ0v) is 15.6. The zero-order valence-electron chi connectivity index (χ0n) is 13.9. The van der Waals surface area contributed by atoms with Gasteiger partial charge in [-0.15, -0.1) is 24.8 Å². The van der Waals surface area contributed by atoms with Gasteiger partial charge in [0.2, 0.25) is 0 Å². The molecule has 3 rings (SSSR count). The van der Waals surface area contributed by atoms with Crippen molar-refractivity contribution in [2.75, 3.05) is 0 Å². The van der Waals surface area contributed by atoms with E-state index < -0.39 is 0 Å². The molecule has 3 aromatic carbocycles. The van der Waals surface area contributed by atoms with Crippen molar-refractivity contribution in [1.29, 1.82) is 0 Å². The molecule has 3 nitrogen and oxygen atoms in total. The van der Waals surface area contributed by atoms with E-state index >= 15 is 0 Å². The summed E-state index contributed by atoms with van der Waals surface area (Å²) in [6.45, 7) is 0. The van der Waals surface area contributed by atoms with Gasteiger partial charge in [0.25, 0.3) is 0 Å². The largest absolute Gasteiger partial charge is 0.298 e. The highest BCUT2D eigenvalue weighted by atomic mass is 35.5. The fourth-order valence-corrected chi connectivity index (χ4v) is 1.59. The second-order valence-corrected chi connectivity index (χ2v) is 4.59. The van der Waals surface area contributed by atoms with Crippen molar-refractivity contribution in [2.24, 2.45) is 0 Å². The molecule has 0 unspecified atom stereocenters. The third kappa shape index (κ3) is 11.7. The second kappa shape index (κ2) is 17.1. The first-order chi connectivity index (χ1) is 11.8. The van der Waals surface area contributed by atoms with Gasteiger partial charge in [-0.05, 0) is 0 Å². The molecule has 0 N–H and O–H groups in total. The highest BCUT2D eigenvalue weighted by molar-refractivity contribution is 5.85. The topological polar surface area (TPSA) is 51.2 Å². The quantitative estimate of drug-likeness (QED) is 0.567. The summed E-state index contributed by atoms with van der Waals surface area (Å²) in [6.07, 6.45) is 2.50. The SMILES string of the molecule is Cl.Cl.O=Cc1ccccc1.O=Cc1ccccc1.O=Cc1ccccc1. The summed E-state index contributed by atoms with van der Waals surface area (Å²) in [6, 6.07) is 27.3. The van der Waals surface area contributed by atoms with E-state index in [9.17, 15) is 14.4 Å². The number of aldehydes is 3. The minimum atomic E-state index is 0. The van der Waals surface area contributed by atoms with Crippen molar-refractivity contribution in [3.8, 4) is 0 Å². The summed E-state index contributed by atoms with van der Waals surface area (Å²) in [5, 5.41) is 0. The number of hydrogen-bond acceptors (Lipinski definition) is 3. The van der Waals surface area contributed by atoms with Crippen LogP contribution in [0.3, 0.4) is 0 Å². The van der Waals surface area contributed by atoms with Gasteiger partial charge in [-0.2, -0.15) is 0 Å². The number of carbonyl (C=O) groups excluding carboxylic acids is 3. The molecule has 0 aromatic heterocycles. The lowest BCUT2D eigenvalue weighted by Gasteiger charge is -1.81. The molecule has 136 valence electrons. The molecule has 0 heterocycles. The molecule has 0 radical (unpaired) electrons. The third-order valence-electron chi connectivity index (χ3n) is 2.81. The molecule has 0 amide bonds. The van der Waals surface area contributed by atoms with Crippen LogP contribution in [0, 0.1) is 0 Å². The second-order valence-electron chi connectivity index (χ2n) is 4.59. The first-order valence-corrected chi connectivity index (χ1v) is 7.31. The van der Waals surface area contributed by atoms with E-state index in [2.05, 4.69) is 0 Å². The van der Waals surface area contributed by atoms with Crippen LogP contribution < -0.4 is 0 Å². The molecular weight excluding hydrogens is 371 g/mol. The molecule has 0 saturated heterocycles. The molecular formula is C21H20Cl2O3. The molecule has 0 aliphatic heterocycles. The minimum absolute atomic E-state index is 0. The number of rotatable bonds is 3. The third-order valence-corrected chi connectivity index (χ3v) is 2.81. The first-order valence-electron chi connectivity index (χ1n) is 7.31. The van der Waals surface area contributed by atoms with Crippen molar-refractivity contribution in [3.05, 3.63) is 108 Å². The summed E-state index contributed by atoms with van der Waals surface area (Å²) in [5.41, 5.74) is 2.19. The number of benzene rings is 3. The molecule has 0 spiro atoms. The van der Waals surface area contributed by atoms with E-state index in [0.717, 1.165) is 35.5 Å². The smallest absolute Gasteiger partial charge is 0.150 e. The van der Waals surface area contributed by atoms with Gasteiger partial charge < -0.3 is 0 Å². The van der Waals surface area contributed by atoms with E-state index in [1.807, 2.05) is 54.6 Å². The van der Waals surface area contributed by atoms with E-state index in [1.165, 1.54) is 0 Å². The fraction of sp³-hybridized carbons (Fsp3) is 0. The number of hydrogen-bond donors (Lipinski definition) is 0. The summed E-state index contributed by atoms with van der Waals surface area (Å²) in [4.78, 5) is 30.0. The van der Waals surface area contributed by atoms with Crippen molar-refractivity contribution >= 4 is 43.7 Å². The number of halogens is 2. The Balaban J connectivity index is 0. The molecule has 0 bridgehead atoms. The van der Waals surface area contributed by atoms with Gasteiger partial charge in [0.15, 0.2) is 0 Å². The lowest BCUT2D eigenvalue weighted by Crippen LogP contribution is -1.73. The predicted molar refractivity (Wildman–Crippen MR) is 110 cm³/mol. The summed E-state index contributed by atoms with van der Waals surface area (Å²) in [7, 11) is 0. The average molecular weight is 391 g/mol. The lowest BCUT2D eigenvalue weighted by atomic mass is 10.2. The Morgan fingerprint density at radius 3 is 0.692 bits per heavy atom. The minimum Gasteiger partial charge on any atom is -0.298 e. The van der Waals surface area contributed by atoms with Crippen molar-refractivity contribution < 1.29 is 14.4 Å². The molecule has 0 aliphatic rings. The highest BCUT2D eigenvalue weighted by Crippen LogP contribution is 1.92. The van der Waals surface area contributed by atoms with E-state index in [0.29, 0.717) is 0 Å². The van der Waals surface area contributed by atoms with Crippen molar-refractivity contribution in [1.82, 2.24) is 0 Å². The van der Waals surface area contributed by atoms with Gasteiger partial charge in [-0.1, -0.05) is 91.0 Å². The normalized spacial score (nSPS) is 7.85. The molecule has 0 fully saturated rings. The van der Waals surface area contributed by atoms with Crippen LogP contribution in [0.1, 0.15) is 31.1 Å². The monoisotopic (exact) mass is 390 g/mol. The highest BCUT2D eigenvalue weighted by Gasteiger charge is 1.81. The maximum atomic E-state index is 10.0. The Hall–Kier alpha value is -2.75. The summed E-state index contributed by atoms with van der Waals surface area (Å²) in [5.74, 6) is 0. The predicted octanol–water partition coefficient (Wildman–Crippen LogP) is 5.34. The van der Waals surface area contributed by atoms with Crippen LogP contribution in [-0.4, -0.2) is 18.9 Å². The van der Waals surface area contributed by atoms with Crippen molar-refractivity contribution in [3.63, 3.8) is 0 Å². The van der Waals surface area contributed by atoms with Gasteiger partial charge in [0.1, 0.15) is 18.9 Å². The standard InChI is InChI=1S/3C7H6O.2ClH/c3*8-6-7-4-2-1-3-5-7;;/h3*1-6H;2*1H. The van der Waals surface area contributed by atoms with Crippen LogP contribution >= 0.6 is 24.8 Å². The van der Waals surface area contributed by atoms with E-state index in [4.69, 9.17) is 0 Å². The van der Waals surface area contributed by atoms with Gasteiger partial charge in [-0.25, -0.2) is 0 Å². The van der Waals surface area contributed by atoms with Crippen LogP contribution in [0.5, 0.6) is 0 Å². The van der Waals surface area contributed by atoms with Gasteiger partial charge >= 0.3 is 0 Å². The van der Waals surface area contributed by atoms with E-state index in [1.54, 1.807) is 36.4 Å². The van der Waals surface area contributed by atoms with Crippen LogP contribution in [0.4, 0.5) is 0 Å². The van der Waals surface area contributed by atoms with Crippen LogP contribution in [0.2, 0.25) is 0 Å².